The number of nitrogens with one attached hydrogen (secondary N) is 1. The number of carbonyl (C=O) groups excluding carboxylic acids is 1. The van der Waals surface area contributed by atoms with Crippen LogP contribution in [0.3, 0.4) is 0 Å². The number of hydrogen-bond donors (Lipinski definition) is 1. The summed E-state index contributed by atoms with van der Waals surface area (Å²) in [5.74, 6) is -0.261. The van der Waals surface area contributed by atoms with Gasteiger partial charge in [-0.3, -0.25) is 4.79 Å². The molecule has 0 atom stereocenters. The molecule has 0 heterocycles. The fourth-order valence-corrected chi connectivity index (χ4v) is 1.58. The van der Waals surface area contributed by atoms with Crippen LogP contribution in [0.2, 0.25) is 0 Å². The van der Waals surface area contributed by atoms with Crippen LogP contribution in [0.4, 0.5) is 18.9 Å². The molecule has 0 aliphatic heterocycles. The lowest BCUT2D eigenvalue weighted by molar-refractivity contribution is -0.137. The smallest absolute Gasteiger partial charge is 0.325 e. The van der Waals surface area contributed by atoms with Crippen molar-refractivity contribution in [2.75, 3.05) is 5.32 Å². The highest BCUT2D eigenvalue weighted by molar-refractivity contribution is 9.10. The molecule has 0 unspecified atom stereocenters. The van der Waals surface area contributed by atoms with Crippen molar-refractivity contribution >= 4 is 27.5 Å². The normalized spacial score (nSPS) is 12.4. The molecule has 0 aliphatic rings. The van der Waals surface area contributed by atoms with Gasteiger partial charge in [-0.05, 0) is 34.1 Å². The molecule has 6 heteroatoms. The van der Waals surface area contributed by atoms with E-state index in [1.807, 2.05) is 0 Å². The number of amides is 1. The molecular weight excluding hydrogens is 311 g/mol. The van der Waals surface area contributed by atoms with E-state index in [-0.39, 0.29) is 10.4 Å². The lowest BCUT2D eigenvalue weighted by atomic mass is 9.95. The maximum Gasteiger partial charge on any atom is 0.416 e. The summed E-state index contributed by atoms with van der Waals surface area (Å²) in [5.41, 5.74) is -1.05. The molecule has 100 valence electrons. The van der Waals surface area contributed by atoms with E-state index in [2.05, 4.69) is 21.2 Å². The predicted molar refractivity (Wildman–Crippen MR) is 67.2 cm³/mol. The van der Waals surface area contributed by atoms with Crippen molar-refractivity contribution in [3.05, 3.63) is 28.2 Å². The Labute approximate surface area is 112 Å². The lowest BCUT2D eigenvalue weighted by Crippen LogP contribution is -2.27. The molecule has 1 N–H and O–H groups in total. The highest BCUT2D eigenvalue weighted by Gasteiger charge is 2.31. The molecule has 0 aliphatic carbocycles. The van der Waals surface area contributed by atoms with Crippen LogP contribution in [0.25, 0.3) is 0 Å². The summed E-state index contributed by atoms with van der Waals surface area (Å²) in [6.07, 6.45) is -4.39. The van der Waals surface area contributed by atoms with Crippen molar-refractivity contribution in [3.63, 3.8) is 0 Å². The Morgan fingerprint density at radius 2 is 1.78 bits per heavy atom. The molecule has 0 fully saturated rings. The van der Waals surface area contributed by atoms with Gasteiger partial charge in [0, 0.05) is 9.89 Å². The number of anilines is 1. The second kappa shape index (κ2) is 4.91. The van der Waals surface area contributed by atoms with Crippen LogP contribution < -0.4 is 5.32 Å². The first kappa shape index (κ1) is 15.0. The number of hydrogen-bond acceptors (Lipinski definition) is 1. The molecule has 0 bridgehead atoms. The highest BCUT2D eigenvalue weighted by atomic mass is 79.9. The molecular formula is C12H13BrF3NO. The van der Waals surface area contributed by atoms with E-state index in [9.17, 15) is 18.0 Å². The van der Waals surface area contributed by atoms with Crippen molar-refractivity contribution < 1.29 is 18.0 Å². The molecule has 0 radical (unpaired) electrons. The van der Waals surface area contributed by atoms with Gasteiger partial charge in [0.25, 0.3) is 0 Å². The number of alkyl halides is 3. The summed E-state index contributed by atoms with van der Waals surface area (Å²) < 4.78 is 37.5. The van der Waals surface area contributed by atoms with E-state index in [1.165, 1.54) is 6.07 Å². The van der Waals surface area contributed by atoms with Gasteiger partial charge in [-0.1, -0.05) is 20.8 Å². The third-order valence-electron chi connectivity index (χ3n) is 2.23. The monoisotopic (exact) mass is 323 g/mol. The van der Waals surface area contributed by atoms with Crippen LogP contribution >= 0.6 is 15.9 Å². The second-order valence-corrected chi connectivity index (χ2v) is 5.75. The summed E-state index contributed by atoms with van der Waals surface area (Å²) in [4.78, 5) is 11.7. The SMILES string of the molecule is CC(C)(C)C(=O)Nc1ccc(C(F)(F)F)cc1Br. The van der Waals surface area contributed by atoms with Crippen LogP contribution in [0, 0.1) is 5.41 Å². The zero-order valence-corrected chi connectivity index (χ0v) is 11.7. The summed E-state index contributed by atoms with van der Waals surface area (Å²) in [5, 5.41) is 2.58. The van der Waals surface area contributed by atoms with Crippen molar-refractivity contribution in [1.29, 1.82) is 0 Å². The van der Waals surface area contributed by atoms with Gasteiger partial charge in [0.05, 0.1) is 11.3 Å². The van der Waals surface area contributed by atoms with Gasteiger partial charge in [-0.15, -0.1) is 0 Å². The van der Waals surface area contributed by atoms with Crippen LogP contribution in [-0.4, -0.2) is 5.91 Å². The third kappa shape index (κ3) is 3.73. The second-order valence-electron chi connectivity index (χ2n) is 4.90. The molecule has 2 nitrogen and oxygen atoms in total. The first-order valence-electron chi connectivity index (χ1n) is 5.20. The first-order chi connectivity index (χ1) is 8.01. The molecule has 1 aromatic rings. The van der Waals surface area contributed by atoms with Gasteiger partial charge in [0.1, 0.15) is 0 Å². The molecule has 1 aromatic carbocycles. The Bertz CT molecular complexity index is 463. The molecule has 1 rings (SSSR count). The summed E-state index contributed by atoms with van der Waals surface area (Å²) >= 11 is 3.02. The maximum atomic E-state index is 12.4. The molecule has 1 amide bonds. The van der Waals surface area contributed by atoms with Crippen molar-refractivity contribution in [2.24, 2.45) is 5.41 Å². The fourth-order valence-electron chi connectivity index (χ4n) is 1.10. The molecule has 0 saturated carbocycles. The van der Waals surface area contributed by atoms with E-state index in [0.717, 1.165) is 12.1 Å². The average molecular weight is 324 g/mol. The molecule has 0 spiro atoms. The van der Waals surface area contributed by atoms with Gasteiger partial charge in [-0.25, -0.2) is 0 Å². The van der Waals surface area contributed by atoms with Crippen molar-refractivity contribution in [3.8, 4) is 0 Å². The lowest BCUT2D eigenvalue weighted by Gasteiger charge is -2.18. The van der Waals surface area contributed by atoms with E-state index in [1.54, 1.807) is 20.8 Å². The Balaban J connectivity index is 2.98. The minimum Gasteiger partial charge on any atom is -0.325 e. The minimum absolute atomic E-state index is 0.204. The summed E-state index contributed by atoms with van der Waals surface area (Å²) in [6, 6.07) is 3.11. The van der Waals surface area contributed by atoms with Crippen LogP contribution in [0.5, 0.6) is 0 Å². The number of rotatable bonds is 1. The predicted octanol–water partition coefficient (Wildman–Crippen LogP) is 4.45. The maximum absolute atomic E-state index is 12.4. The first-order valence-corrected chi connectivity index (χ1v) is 5.99. The quantitative estimate of drug-likeness (QED) is 0.812. The van der Waals surface area contributed by atoms with E-state index < -0.39 is 17.2 Å². The number of halogens is 4. The topological polar surface area (TPSA) is 29.1 Å². The number of benzene rings is 1. The van der Waals surface area contributed by atoms with Gasteiger partial charge in [-0.2, -0.15) is 13.2 Å². The molecule has 0 aromatic heterocycles. The van der Waals surface area contributed by atoms with Gasteiger partial charge >= 0.3 is 6.18 Å². The fraction of sp³-hybridized carbons (Fsp3) is 0.417. The Morgan fingerprint density at radius 1 is 1.22 bits per heavy atom. The summed E-state index contributed by atoms with van der Waals surface area (Å²) in [6.45, 7) is 5.17. The standard InChI is InChI=1S/C12H13BrF3NO/c1-11(2,3)10(18)17-9-5-4-7(6-8(9)13)12(14,15)16/h4-6H,1-3H3,(H,17,18). The van der Waals surface area contributed by atoms with E-state index in [0.29, 0.717) is 5.69 Å². The van der Waals surface area contributed by atoms with E-state index >= 15 is 0 Å². The zero-order chi connectivity index (χ0) is 14.1. The summed E-state index contributed by atoms with van der Waals surface area (Å²) in [7, 11) is 0. The molecule has 0 saturated heterocycles. The third-order valence-corrected chi connectivity index (χ3v) is 2.88. The molecule has 18 heavy (non-hydrogen) atoms. The Hall–Kier alpha value is -1.04. The van der Waals surface area contributed by atoms with Crippen molar-refractivity contribution in [2.45, 2.75) is 26.9 Å². The van der Waals surface area contributed by atoms with Crippen molar-refractivity contribution in [1.82, 2.24) is 0 Å². The largest absolute Gasteiger partial charge is 0.416 e. The van der Waals surface area contributed by atoms with Crippen LogP contribution in [0.1, 0.15) is 26.3 Å². The van der Waals surface area contributed by atoms with Gasteiger partial charge < -0.3 is 5.32 Å². The van der Waals surface area contributed by atoms with Gasteiger partial charge in [0.15, 0.2) is 0 Å². The highest BCUT2D eigenvalue weighted by Crippen LogP contribution is 2.34. The van der Waals surface area contributed by atoms with Gasteiger partial charge in [0.2, 0.25) is 5.91 Å². The Morgan fingerprint density at radius 3 is 2.17 bits per heavy atom. The van der Waals surface area contributed by atoms with Crippen LogP contribution in [0.15, 0.2) is 22.7 Å². The Kier molecular flexibility index (Phi) is 4.10. The van der Waals surface area contributed by atoms with Crippen LogP contribution in [-0.2, 0) is 11.0 Å². The minimum atomic E-state index is -4.39. The zero-order valence-electron chi connectivity index (χ0n) is 10.2. The van der Waals surface area contributed by atoms with E-state index in [4.69, 9.17) is 0 Å². The number of carbonyl (C=O) groups is 1. The average Bonchev–Trinajstić information content (AvgIpc) is 2.17.